The highest BCUT2D eigenvalue weighted by molar-refractivity contribution is 6.06. The fourth-order valence-electron chi connectivity index (χ4n) is 3.13. The highest BCUT2D eigenvalue weighted by atomic mass is 19.1. The van der Waals surface area contributed by atoms with Crippen molar-refractivity contribution in [1.82, 2.24) is 14.9 Å². The normalized spacial score (nSPS) is 19.3. The lowest BCUT2D eigenvalue weighted by atomic mass is 9.90. The molecule has 1 aromatic carbocycles. The van der Waals surface area contributed by atoms with Crippen molar-refractivity contribution in [3.63, 3.8) is 0 Å². The number of aliphatic imine (C=N–C) groups is 1. The van der Waals surface area contributed by atoms with Crippen molar-refractivity contribution in [3.8, 4) is 0 Å². The molecule has 1 aliphatic rings. The monoisotopic (exact) mass is 373 g/mol. The number of ether oxygens (including phenoxy) is 1. The number of rotatable bonds is 2. The summed E-state index contributed by atoms with van der Waals surface area (Å²) in [5, 5.41) is 2.68. The minimum Gasteiger partial charge on any atom is -0.444 e. The standard InChI is InChI=1S/C19H24FN5O2/c1-18(2,3)27-17(26)23-16-14-10-22-15(9-21)25(14)11-19(4,24-16)12-7-5-6-8-13(12)20/h5-8,10H,9,11,21H2,1-4H3,(H,23,24,26). The lowest BCUT2D eigenvalue weighted by Crippen LogP contribution is -2.43. The Bertz CT molecular complexity index is 900. The van der Waals surface area contributed by atoms with Crippen LogP contribution in [0.4, 0.5) is 9.18 Å². The second-order valence-corrected chi connectivity index (χ2v) is 7.69. The zero-order valence-electron chi connectivity index (χ0n) is 15.9. The highest BCUT2D eigenvalue weighted by Gasteiger charge is 2.37. The van der Waals surface area contributed by atoms with E-state index in [0.717, 1.165) is 0 Å². The molecule has 8 heteroatoms. The zero-order valence-corrected chi connectivity index (χ0v) is 15.9. The number of aromatic nitrogens is 2. The van der Waals surface area contributed by atoms with Crippen LogP contribution in [0.2, 0.25) is 0 Å². The number of carbonyl (C=O) groups is 1. The van der Waals surface area contributed by atoms with Crippen LogP contribution in [-0.2, 0) is 23.4 Å². The van der Waals surface area contributed by atoms with Crippen molar-refractivity contribution < 1.29 is 13.9 Å². The molecule has 0 spiro atoms. The Hall–Kier alpha value is -2.74. The average Bonchev–Trinajstić information content (AvgIpc) is 2.96. The summed E-state index contributed by atoms with van der Waals surface area (Å²) in [6, 6.07) is 6.47. The number of hydrogen-bond donors (Lipinski definition) is 2. The minimum atomic E-state index is -0.937. The number of nitrogens with zero attached hydrogens (tertiary/aromatic N) is 3. The van der Waals surface area contributed by atoms with Crippen LogP contribution in [0.1, 0.15) is 44.8 Å². The molecule has 0 saturated heterocycles. The van der Waals surface area contributed by atoms with E-state index in [2.05, 4.69) is 15.3 Å². The van der Waals surface area contributed by atoms with Gasteiger partial charge in [0.05, 0.1) is 19.3 Å². The quantitative estimate of drug-likeness (QED) is 0.846. The molecule has 0 fully saturated rings. The summed E-state index contributed by atoms with van der Waals surface area (Å²) in [7, 11) is 0. The van der Waals surface area contributed by atoms with Crippen LogP contribution in [0.5, 0.6) is 0 Å². The third kappa shape index (κ3) is 3.85. The molecule has 3 rings (SSSR count). The van der Waals surface area contributed by atoms with Crippen molar-refractivity contribution in [3.05, 3.63) is 53.4 Å². The number of amides is 1. The molecule has 144 valence electrons. The van der Waals surface area contributed by atoms with Crippen LogP contribution in [0.15, 0.2) is 35.5 Å². The van der Waals surface area contributed by atoms with Crippen molar-refractivity contribution in [2.45, 2.75) is 51.9 Å². The van der Waals surface area contributed by atoms with Crippen molar-refractivity contribution in [2.24, 2.45) is 10.7 Å². The summed E-state index contributed by atoms with van der Waals surface area (Å²) >= 11 is 0. The van der Waals surface area contributed by atoms with Crippen molar-refractivity contribution in [1.29, 1.82) is 0 Å². The molecule has 1 atom stereocenters. The van der Waals surface area contributed by atoms with Gasteiger partial charge in [0.2, 0.25) is 0 Å². The molecule has 3 N–H and O–H groups in total. The first-order chi connectivity index (χ1) is 12.6. The van der Waals surface area contributed by atoms with Gasteiger partial charge >= 0.3 is 6.09 Å². The molecule has 1 unspecified atom stereocenters. The summed E-state index contributed by atoms with van der Waals surface area (Å²) in [6.07, 6.45) is 0.959. The molecule has 2 aromatic rings. The van der Waals surface area contributed by atoms with Gasteiger partial charge in [-0.25, -0.2) is 14.2 Å². The van der Waals surface area contributed by atoms with Crippen LogP contribution in [0, 0.1) is 5.82 Å². The van der Waals surface area contributed by atoms with Crippen LogP contribution in [0.25, 0.3) is 0 Å². The lowest BCUT2D eigenvalue weighted by Gasteiger charge is -2.33. The Morgan fingerprint density at radius 3 is 2.74 bits per heavy atom. The van der Waals surface area contributed by atoms with E-state index in [1.54, 1.807) is 45.2 Å². The number of benzene rings is 1. The Kier molecular flexibility index (Phi) is 4.77. The maximum atomic E-state index is 14.5. The van der Waals surface area contributed by atoms with E-state index < -0.39 is 17.2 Å². The molecule has 1 aromatic heterocycles. The molecule has 27 heavy (non-hydrogen) atoms. The third-order valence-electron chi connectivity index (χ3n) is 4.26. The van der Waals surface area contributed by atoms with Gasteiger partial charge in [-0.3, -0.25) is 10.3 Å². The van der Waals surface area contributed by atoms with Gasteiger partial charge in [-0.15, -0.1) is 0 Å². The first-order valence-electron chi connectivity index (χ1n) is 8.73. The number of carbonyl (C=O) groups excluding carboxylic acids is 1. The Morgan fingerprint density at radius 1 is 1.41 bits per heavy atom. The minimum absolute atomic E-state index is 0.215. The fraction of sp³-hybridized carbons (Fsp3) is 0.421. The molecule has 1 amide bonds. The van der Waals surface area contributed by atoms with E-state index in [1.165, 1.54) is 6.07 Å². The molecule has 2 heterocycles. The van der Waals surface area contributed by atoms with Gasteiger partial charge < -0.3 is 15.0 Å². The summed E-state index contributed by atoms with van der Waals surface area (Å²) < 4.78 is 21.7. The lowest BCUT2D eigenvalue weighted by molar-refractivity contribution is 0.0562. The molecule has 7 nitrogen and oxygen atoms in total. The third-order valence-corrected chi connectivity index (χ3v) is 4.26. The molecule has 1 aliphatic heterocycles. The molecule has 0 radical (unpaired) electrons. The number of amidine groups is 1. The smallest absolute Gasteiger partial charge is 0.413 e. The van der Waals surface area contributed by atoms with Gasteiger partial charge in [-0.2, -0.15) is 0 Å². The molecular weight excluding hydrogens is 349 g/mol. The Balaban J connectivity index is 2.05. The van der Waals surface area contributed by atoms with Crippen LogP contribution < -0.4 is 11.1 Å². The average molecular weight is 373 g/mol. The van der Waals surface area contributed by atoms with E-state index in [1.807, 2.05) is 11.5 Å². The van der Waals surface area contributed by atoms with Gasteiger partial charge in [0.25, 0.3) is 0 Å². The number of halogens is 1. The molecule has 0 bridgehead atoms. The maximum Gasteiger partial charge on any atom is 0.413 e. The number of hydrogen-bond acceptors (Lipinski definition) is 5. The van der Waals surface area contributed by atoms with Crippen LogP contribution in [0.3, 0.4) is 0 Å². The zero-order chi connectivity index (χ0) is 19.8. The van der Waals surface area contributed by atoms with Gasteiger partial charge in [0.15, 0.2) is 5.84 Å². The molecule has 0 saturated carbocycles. The molecular formula is C19H24FN5O2. The first-order valence-corrected chi connectivity index (χ1v) is 8.73. The second-order valence-electron chi connectivity index (χ2n) is 7.69. The van der Waals surface area contributed by atoms with E-state index in [9.17, 15) is 9.18 Å². The predicted octanol–water partition coefficient (Wildman–Crippen LogP) is 2.68. The van der Waals surface area contributed by atoms with Gasteiger partial charge in [-0.05, 0) is 33.8 Å². The highest BCUT2D eigenvalue weighted by Crippen LogP contribution is 2.34. The number of nitrogens with two attached hydrogens (primary N) is 1. The number of alkyl carbamates (subject to hydrolysis) is 1. The summed E-state index contributed by atoms with van der Waals surface area (Å²) in [5.74, 6) is 0.539. The molecule has 0 aliphatic carbocycles. The Labute approximate surface area is 157 Å². The van der Waals surface area contributed by atoms with E-state index >= 15 is 0 Å². The van der Waals surface area contributed by atoms with Gasteiger partial charge in [-0.1, -0.05) is 18.2 Å². The van der Waals surface area contributed by atoms with Gasteiger partial charge in [0.1, 0.15) is 28.5 Å². The number of fused-ring (bicyclic) bond motifs is 1. The topological polar surface area (TPSA) is 94.5 Å². The first kappa shape index (κ1) is 19.0. The summed E-state index contributed by atoms with van der Waals surface area (Å²) in [6.45, 7) is 7.70. The van der Waals surface area contributed by atoms with Crippen molar-refractivity contribution >= 4 is 11.9 Å². The second kappa shape index (κ2) is 6.77. The fourth-order valence-corrected chi connectivity index (χ4v) is 3.13. The largest absolute Gasteiger partial charge is 0.444 e. The maximum absolute atomic E-state index is 14.5. The van der Waals surface area contributed by atoms with Crippen LogP contribution >= 0.6 is 0 Å². The SMILES string of the molecule is CC(C)(C)OC(=O)NC1=NC(C)(c2ccccc2F)Cn2c1cnc2CN. The van der Waals surface area contributed by atoms with E-state index in [0.29, 0.717) is 23.6 Å². The predicted molar refractivity (Wildman–Crippen MR) is 99.8 cm³/mol. The summed E-state index contributed by atoms with van der Waals surface area (Å²) in [5.41, 5.74) is 5.24. The number of nitrogens with one attached hydrogen (secondary N) is 1. The Morgan fingerprint density at radius 2 is 2.11 bits per heavy atom. The van der Waals surface area contributed by atoms with Gasteiger partial charge in [0, 0.05) is 5.56 Å². The van der Waals surface area contributed by atoms with Crippen LogP contribution in [-0.4, -0.2) is 27.1 Å². The van der Waals surface area contributed by atoms with Crippen molar-refractivity contribution in [2.75, 3.05) is 0 Å². The number of imidazole rings is 1. The van der Waals surface area contributed by atoms with E-state index in [-0.39, 0.29) is 18.2 Å². The van der Waals surface area contributed by atoms with E-state index in [4.69, 9.17) is 10.5 Å². The summed E-state index contributed by atoms with van der Waals surface area (Å²) in [4.78, 5) is 21.3.